The van der Waals surface area contributed by atoms with E-state index in [0.717, 1.165) is 16.7 Å². The molecule has 0 bridgehead atoms. The number of methoxy groups -OCH3 is 1. The summed E-state index contributed by atoms with van der Waals surface area (Å²) in [7, 11) is -2.29. The highest BCUT2D eigenvalue weighted by Gasteiger charge is 2.26. The van der Waals surface area contributed by atoms with Crippen LogP contribution in [0.15, 0.2) is 102 Å². The minimum absolute atomic E-state index is 0.0710. The molecule has 8 heteroatoms. The van der Waals surface area contributed by atoms with Crippen molar-refractivity contribution in [3.8, 4) is 5.75 Å². The Hall–Kier alpha value is -3.81. The van der Waals surface area contributed by atoms with Crippen LogP contribution in [-0.4, -0.2) is 21.4 Å². The first-order valence-electron chi connectivity index (χ1n) is 11.6. The van der Waals surface area contributed by atoms with Gasteiger partial charge in [-0.2, -0.15) is 0 Å². The molecular formula is C29H27ClN2O4S. The number of carbonyl (C=O) groups excluding carboxylic acids is 1. The molecule has 4 rings (SSSR count). The Kier molecular flexibility index (Phi) is 8.16. The van der Waals surface area contributed by atoms with Gasteiger partial charge in [0, 0.05) is 22.7 Å². The summed E-state index contributed by atoms with van der Waals surface area (Å²) in [4.78, 5) is 12.9. The molecule has 0 aromatic heterocycles. The number of halogens is 1. The summed E-state index contributed by atoms with van der Waals surface area (Å²) in [6, 6.07) is 27.8. The maximum atomic E-state index is 13.7. The first-order valence-corrected chi connectivity index (χ1v) is 13.4. The highest BCUT2D eigenvalue weighted by Crippen LogP contribution is 2.31. The van der Waals surface area contributed by atoms with Crippen LogP contribution in [0.3, 0.4) is 0 Å². The molecule has 0 atom stereocenters. The maximum absolute atomic E-state index is 13.7. The second-order valence-corrected chi connectivity index (χ2v) is 10.7. The Morgan fingerprint density at radius 1 is 0.919 bits per heavy atom. The summed E-state index contributed by atoms with van der Waals surface area (Å²) in [5.41, 5.74) is 3.33. The van der Waals surface area contributed by atoms with Crippen LogP contribution in [0.25, 0.3) is 0 Å². The van der Waals surface area contributed by atoms with E-state index in [9.17, 15) is 13.2 Å². The van der Waals surface area contributed by atoms with Crippen LogP contribution in [0.2, 0.25) is 5.02 Å². The summed E-state index contributed by atoms with van der Waals surface area (Å²) >= 11 is 6.23. The average Bonchev–Trinajstić information content (AvgIpc) is 2.92. The van der Waals surface area contributed by atoms with Crippen LogP contribution in [0.1, 0.15) is 27.0 Å². The number of rotatable bonds is 9. The number of ether oxygens (including phenoxy) is 1. The molecule has 6 nitrogen and oxygen atoms in total. The van der Waals surface area contributed by atoms with Gasteiger partial charge in [-0.3, -0.25) is 9.10 Å². The van der Waals surface area contributed by atoms with Crippen molar-refractivity contribution in [2.75, 3.05) is 11.4 Å². The van der Waals surface area contributed by atoms with E-state index in [1.807, 2.05) is 31.2 Å². The van der Waals surface area contributed by atoms with E-state index >= 15 is 0 Å². The van der Waals surface area contributed by atoms with Crippen LogP contribution in [0.4, 0.5) is 5.69 Å². The zero-order valence-corrected chi connectivity index (χ0v) is 22.1. The fraction of sp³-hybridized carbons (Fsp3) is 0.138. The van der Waals surface area contributed by atoms with Crippen LogP contribution >= 0.6 is 11.6 Å². The molecule has 0 heterocycles. The summed E-state index contributed by atoms with van der Waals surface area (Å²) in [6.45, 7) is 2.23. The number of para-hydroxylation sites is 1. The quantitative estimate of drug-likeness (QED) is 0.286. The predicted octanol–water partition coefficient (Wildman–Crippen LogP) is 5.98. The number of nitrogens with one attached hydrogen (secondary N) is 1. The van der Waals surface area contributed by atoms with Crippen molar-refractivity contribution in [2.45, 2.75) is 24.9 Å². The van der Waals surface area contributed by atoms with Gasteiger partial charge in [-0.15, -0.1) is 0 Å². The molecule has 0 spiro atoms. The number of benzene rings is 4. The second-order valence-electron chi connectivity index (χ2n) is 8.45. The van der Waals surface area contributed by atoms with Crippen molar-refractivity contribution in [3.05, 3.63) is 124 Å². The number of carbonyl (C=O) groups is 1. The molecule has 4 aromatic carbocycles. The van der Waals surface area contributed by atoms with E-state index in [-0.39, 0.29) is 17.3 Å². The maximum Gasteiger partial charge on any atom is 0.264 e. The molecule has 0 unspecified atom stereocenters. The van der Waals surface area contributed by atoms with Crippen LogP contribution in [-0.2, 0) is 23.1 Å². The molecule has 0 fully saturated rings. The van der Waals surface area contributed by atoms with Crippen molar-refractivity contribution in [1.29, 1.82) is 0 Å². The van der Waals surface area contributed by atoms with E-state index in [0.29, 0.717) is 28.6 Å². The average molecular weight is 535 g/mol. The first-order chi connectivity index (χ1) is 17.8. The van der Waals surface area contributed by atoms with E-state index in [2.05, 4.69) is 5.32 Å². The minimum Gasteiger partial charge on any atom is -0.496 e. The van der Waals surface area contributed by atoms with E-state index in [4.69, 9.17) is 16.3 Å². The fourth-order valence-corrected chi connectivity index (χ4v) is 5.62. The number of sulfonamides is 1. The monoisotopic (exact) mass is 534 g/mol. The Balaban J connectivity index is 1.57. The van der Waals surface area contributed by atoms with Gasteiger partial charge in [0.1, 0.15) is 5.75 Å². The molecule has 0 aliphatic rings. The number of hydrogen-bond donors (Lipinski definition) is 1. The second kappa shape index (κ2) is 11.5. The predicted molar refractivity (Wildman–Crippen MR) is 147 cm³/mol. The van der Waals surface area contributed by atoms with E-state index < -0.39 is 10.0 Å². The Morgan fingerprint density at radius 3 is 2.30 bits per heavy atom. The fourth-order valence-electron chi connectivity index (χ4n) is 3.92. The Bertz CT molecular complexity index is 1490. The van der Waals surface area contributed by atoms with Gasteiger partial charge in [0.2, 0.25) is 0 Å². The van der Waals surface area contributed by atoms with Crippen molar-refractivity contribution in [1.82, 2.24) is 5.32 Å². The van der Waals surface area contributed by atoms with Gasteiger partial charge in [0.25, 0.3) is 15.9 Å². The number of aryl methyl sites for hydroxylation is 1. The summed E-state index contributed by atoms with van der Waals surface area (Å²) in [5.74, 6) is 0.464. The molecule has 1 N–H and O–H groups in total. The molecule has 0 saturated carbocycles. The zero-order chi connectivity index (χ0) is 26.4. The van der Waals surface area contributed by atoms with Gasteiger partial charge in [-0.25, -0.2) is 8.42 Å². The van der Waals surface area contributed by atoms with Gasteiger partial charge in [-0.05, 0) is 60.5 Å². The Morgan fingerprint density at radius 2 is 1.59 bits per heavy atom. The lowest BCUT2D eigenvalue weighted by atomic mass is 10.1. The summed E-state index contributed by atoms with van der Waals surface area (Å²) in [6.07, 6.45) is 0. The smallest absolute Gasteiger partial charge is 0.264 e. The van der Waals surface area contributed by atoms with Crippen molar-refractivity contribution >= 4 is 33.2 Å². The topological polar surface area (TPSA) is 75.7 Å². The van der Waals surface area contributed by atoms with Crippen LogP contribution < -0.4 is 14.4 Å². The third-order valence-corrected chi connectivity index (χ3v) is 7.95. The molecule has 0 aliphatic carbocycles. The lowest BCUT2D eigenvalue weighted by Gasteiger charge is -2.26. The SMILES string of the molecule is COc1ccccc1CNC(=O)c1ccc(CN(c2cc(Cl)ccc2C)S(=O)(=O)c2ccccc2)cc1. The largest absolute Gasteiger partial charge is 0.496 e. The van der Waals surface area contributed by atoms with Crippen LogP contribution in [0, 0.1) is 6.92 Å². The number of nitrogens with zero attached hydrogens (tertiary/aromatic N) is 1. The number of hydrogen-bond acceptors (Lipinski definition) is 4. The molecule has 0 aliphatic heterocycles. The summed E-state index contributed by atoms with van der Waals surface area (Å²) < 4.78 is 34.0. The molecule has 190 valence electrons. The third kappa shape index (κ3) is 6.13. The Labute approximate surface area is 222 Å². The highest BCUT2D eigenvalue weighted by atomic mass is 35.5. The number of amides is 1. The lowest BCUT2D eigenvalue weighted by Crippen LogP contribution is -2.31. The van der Waals surface area contributed by atoms with Gasteiger partial charge in [-0.1, -0.05) is 66.2 Å². The lowest BCUT2D eigenvalue weighted by molar-refractivity contribution is 0.0950. The van der Waals surface area contributed by atoms with E-state index in [1.54, 1.807) is 79.9 Å². The molecule has 0 radical (unpaired) electrons. The van der Waals surface area contributed by atoms with Crippen molar-refractivity contribution < 1.29 is 17.9 Å². The summed E-state index contributed by atoms with van der Waals surface area (Å²) in [5, 5.41) is 3.34. The molecule has 37 heavy (non-hydrogen) atoms. The van der Waals surface area contributed by atoms with Crippen molar-refractivity contribution in [3.63, 3.8) is 0 Å². The standard InChI is InChI=1S/C29H27ClN2O4S/c1-21-12-17-25(30)18-27(21)32(37(34,35)26-9-4-3-5-10-26)20-22-13-15-23(16-14-22)29(33)31-19-24-8-6-7-11-28(24)36-2/h3-18H,19-20H2,1-2H3,(H,31,33). The van der Waals surface area contributed by atoms with Crippen LogP contribution in [0.5, 0.6) is 5.75 Å². The third-order valence-electron chi connectivity index (χ3n) is 5.95. The van der Waals surface area contributed by atoms with Crippen molar-refractivity contribution in [2.24, 2.45) is 0 Å². The van der Waals surface area contributed by atoms with Gasteiger partial charge in [0.15, 0.2) is 0 Å². The van der Waals surface area contributed by atoms with E-state index in [1.165, 1.54) is 4.31 Å². The molecular weight excluding hydrogens is 508 g/mol. The van der Waals surface area contributed by atoms with Gasteiger partial charge < -0.3 is 10.1 Å². The molecule has 4 aromatic rings. The van der Waals surface area contributed by atoms with Gasteiger partial charge >= 0.3 is 0 Å². The molecule has 1 amide bonds. The minimum atomic E-state index is -3.88. The highest BCUT2D eigenvalue weighted by molar-refractivity contribution is 7.92. The van der Waals surface area contributed by atoms with Gasteiger partial charge in [0.05, 0.1) is 24.2 Å². The first kappa shape index (κ1) is 26.3. The molecule has 0 saturated heterocycles. The number of anilines is 1. The normalized spacial score (nSPS) is 11.1. The zero-order valence-electron chi connectivity index (χ0n) is 20.5.